The Kier molecular flexibility index (Phi) is 4.14. The lowest BCUT2D eigenvalue weighted by molar-refractivity contribution is 0.102. The summed E-state index contributed by atoms with van der Waals surface area (Å²) in [4.78, 5) is 17.0. The maximum Gasteiger partial charge on any atom is 0.258 e. The highest BCUT2D eigenvalue weighted by Crippen LogP contribution is 2.27. The molecule has 0 fully saturated rings. The Morgan fingerprint density at radius 3 is 2.62 bits per heavy atom. The van der Waals surface area contributed by atoms with Crippen LogP contribution in [0.1, 0.15) is 10.4 Å². The largest absolute Gasteiger partial charge is 0.289 e. The third kappa shape index (κ3) is 3.04. The number of amides is 1. The molecule has 0 atom stereocenters. The monoisotopic (exact) mass is 390 g/mol. The van der Waals surface area contributed by atoms with Crippen molar-refractivity contribution in [2.45, 2.75) is 0 Å². The van der Waals surface area contributed by atoms with Crippen LogP contribution in [0.25, 0.3) is 16.2 Å². The van der Waals surface area contributed by atoms with Crippen LogP contribution in [0.3, 0.4) is 0 Å². The van der Waals surface area contributed by atoms with Crippen molar-refractivity contribution in [3.63, 3.8) is 0 Å². The fourth-order valence-electron chi connectivity index (χ4n) is 2.36. The van der Waals surface area contributed by atoms with E-state index in [1.54, 1.807) is 16.6 Å². The number of carbonyl (C=O) groups is 1. The molecule has 4 aromatic rings. The van der Waals surface area contributed by atoms with Gasteiger partial charge in [0.2, 0.25) is 4.96 Å². The number of nitrogens with zero attached hydrogens (tertiary/aromatic N) is 3. The molecule has 1 amide bonds. The maximum absolute atomic E-state index is 13.3. The Morgan fingerprint density at radius 2 is 1.88 bits per heavy atom. The second-order valence-electron chi connectivity index (χ2n) is 5.34. The lowest BCUT2D eigenvalue weighted by atomic mass is 10.2. The van der Waals surface area contributed by atoms with E-state index in [-0.39, 0.29) is 11.5 Å². The third-order valence-electron chi connectivity index (χ3n) is 3.63. The number of halogens is 3. The van der Waals surface area contributed by atoms with Gasteiger partial charge in [-0.25, -0.2) is 13.3 Å². The second-order valence-corrected chi connectivity index (χ2v) is 6.61. The summed E-state index contributed by atoms with van der Waals surface area (Å²) in [7, 11) is 0. The van der Waals surface area contributed by atoms with Crippen molar-refractivity contribution < 1.29 is 13.6 Å². The second kappa shape index (κ2) is 6.47. The molecule has 0 spiro atoms. The van der Waals surface area contributed by atoms with Gasteiger partial charge in [-0.05, 0) is 30.3 Å². The molecule has 0 aliphatic rings. The first-order chi connectivity index (χ1) is 12.5. The number of carbonyl (C=O) groups excluding carboxylic acids is 1. The van der Waals surface area contributed by atoms with Crippen molar-refractivity contribution in [3.8, 4) is 11.3 Å². The van der Waals surface area contributed by atoms with Gasteiger partial charge in [0.1, 0.15) is 0 Å². The molecule has 2 heterocycles. The molecule has 0 radical (unpaired) electrons. The normalized spacial score (nSPS) is 11.0. The average Bonchev–Trinajstić information content (AvgIpc) is 3.18. The number of benzene rings is 2. The van der Waals surface area contributed by atoms with Crippen LogP contribution >= 0.6 is 22.9 Å². The van der Waals surface area contributed by atoms with E-state index in [4.69, 9.17) is 11.6 Å². The number of anilines is 1. The van der Waals surface area contributed by atoms with Crippen molar-refractivity contribution in [1.82, 2.24) is 14.6 Å². The number of hydrogen-bond donors (Lipinski definition) is 1. The topological polar surface area (TPSA) is 59.3 Å². The molecule has 0 aliphatic heterocycles. The maximum atomic E-state index is 13.3. The first-order valence-corrected chi connectivity index (χ1v) is 8.63. The van der Waals surface area contributed by atoms with Gasteiger partial charge in [-0.1, -0.05) is 23.7 Å². The molecule has 0 saturated carbocycles. The van der Waals surface area contributed by atoms with E-state index < -0.39 is 17.5 Å². The van der Waals surface area contributed by atoms with E-state index in [2.05, 4.69) is 15.4 Å². The Morgan fingerprint density at radius 1 is 1.12 bits per heavy atom. The number of nitrogens with one attached hydrogen (secondary N) is 1. The zero-order chi connectivity index (χ0) is 18.3. The quantitative estimate of drug-likeness (QED) is 0.554. The molecule has 2 aromatic heterocycles. The molecule has 0 unspecified atom stereocenters. The van der Waals surface area contributed by atoms with Gasteiger partial charge in [0.05, 0.1) is 5.69 Å². The highest BCUT2D eigenvalue weighted by atomic mass is 35.5. The molecule has 2 aromatic carbocycles. The Bertz CT molecular complexity index is 1120. The van der Waals surface area contributed by atoms with Crippen LogP contribution < -0.4 is 5.32 Å². The first-order valence-electron chi connectivity index (χ1n) is 7.38. The van der Waals surface area contributed by atoms with Crippen LogP contribution in [0.15, 0.2) is 47.8 Å². The van der Waals surface area contributed by atoms with Gasteiger partial charge in [-0.15, -0.1) is 16.4 Å². The van der Waals surface area contributed by atoms with Crippen LogP contribution in [0.2, 0.25) is 5.02 Å². The van der Waals surface area contributed by atoms with Gasteiger partial charge in [0.15, 0.2) is 11.6 Å². The van der Waals surface area contributed by atoms with Crippen molar-refractivity contribution in [3.05, 3.63) is 70.1 Å². The number of fused-ring (bicyclic) bond motifs is 1. The lowest BCUT2D eigenvalue weighted by Gasteiger charge is -2.02. The van der Waals surface area contributed by atoms with Crippen molar-refractivity contribution >= 4 is 39.8 Å². The molecule has 1 N–H and O–H groups in total. The van der Waals surface area contributed by atoms with E-state index in [0.29, 0.717) is 9.98 Å². The summed E-state index contributed by atoms with van der Waals surface area (Å²) >= 11 is 7.26. The van der Waals surface area contributed by atoms with Gasteiger partial charge >= 0.3 is 0 Å². The molecule has 0 aliphatic carbocycles. The molecule has 0 bridgehead atoms. The van der Waals surface area contributed by atoms with Crippen LogP contribution in [-0.4, -0.2) is 20.5 Å². The number of hydrogen-bond acceptors (Lipinski definition) is 4. The Labute approximate surface area is 154 Å². The highest BCUT2D eigenvalue weighted by molar-refractivity contribution is 7.15. The fourth-order valence-corrected chi connectivity index (χ4v) is 3.32. The van der Waals surface area contributed by atoms with Crippen LogP contribution in [0.4, 0.5) is 14.7 Å². The molecule has 26 heavy (non-hydrogen) atoms. The molecule has 5 nitrogen and oxygen atoms in total. The fraction of sp³-hybridized carbons (Fsp3) is 0. The molecule has 130 valence electrons. The van der Waals surface area contributed by atoms with Gasteiger partial charge in [-0.2, -0.15) is 4.98 Å². The van der Waals surface area contributed by atoms with Crippen molar-refractivity contribution in [2.75, 3.05) is 5.32 Å². The highest BCUT2D eigenvalue weighted by Gasteiger charge is 2.15. The minimum Gasteiger partial charge on any atom is -0.289 e. The summed E-state index contributed by atoms with van der Waals surface area (Å²) in [5.74, 6) is -2.67. The predicted molar refractivity (Wildman–Crippen MR) is 95.6 cm³/mol. The van der Waals surface area contributed by atoms with Gasteiger partial charge in [0, 0.05) is 21.5 Å². The Balaban J connectivity index is 1.62. The zero-order valence-corrected chi connectivity index (χ0v) is 14.5. The smallest absolute Gasteiger partial charge is 0.258 e. The van der Waals surface area contributed by atoms with E-state index in [1.807, 2.05) is 17.5 Å². The van der Waals surface area contributed by atoms with Gasteiger partial charge < -0.3 is 0 Å². The summed E-state index contributed by atoms with van der Waals surface area (Å²) in [5, 5.41) is 9.25. The van der Waals surface area contributed by atoms with Crippen LogP contribution in [-0.2, 0) is 0 Å². The minimum atomic E-state index is -1.10. The molecular formula is C17H9ClF2N4OS. The molecular weight excluding hydrogens is 382 g/mol. The molecule has 9 heteroatoms. The summed E-state index contributed by atoms with van der Waals surface area (Å²) in [5.41, 5.74) is 1.66. The van der Waals surface area contributed by atoms with E-state index in [9.17, 15) is 13.6 Å². The van der Waals surface area contributed by atoms with E-state index in [0.717, 1.165) is 23.4 Å². The zero-order valence-electron chi connectivity index (χ0n) is 12.9. The summed E-state index contributed by atoms with van der Waals surface area (Å²) < 4.78 is 27.8. The Hall–Kier alpha value is -2.84. The number of rotatable bonds is 3. The third-order valence-corrected chi connectivity index (χ3v) is 4.70. The summed E-state index contributed by atoms with van der Waals surface area (Å²) in [6, 6.07) is 10.1. The molecule has 4 rings (SSSR count). The first kappa shape index (κ1) is 16.6. The molecule has 0 saturated heterocycles. The SMILES string of the molecule is O=C(Nc1nc2scc(-c3ccc(Cl)cc3)n2n1)c1ccc(F)c(F)c1. The van der Waals surface area contributed by atoms with Gasteiger partial charge in [0.25, 0.3) is 11.9 Å². The minimum absolute atomic E-state index is 0.0278. The number of thiazole rings is 1. The summed E-state index contributed by atoms with van der Waals surface area (Å²) in [6.07, 6.45) is 0. The average molecular weight is 391 g/mol. The van der Waals surface area contributed by atoms with Crippen molar-refractivity contribution in [2.24, 2.45) is 0 Å². The standard InChI is InChI=1S/C17H9ClF2N4OS/c18-11-4-1-9(2-5-11)14-8-26-17-22-16(23-24(14)17)21-15(25)10-3-6-12(19)13(20)7-10/h1-8H,(H,21,23,25). The van der Waals surface area contributed by atoms with Crippen LogP contribution in [0.5, 0.6) is 0 Å². The lowest BCUT2D eigenvalue weighted by Crippen LogP contribution is -2.13. The van der Waals surface area contributed by atoms with Crippen LogP contribution in [0, 0.1) is 11.6 Å². The predicted octanol–water partition coefficient (Wildman–Crippen LogP) is 4.64. The van der Waals surface area contributed by atoms with Gasteiger partial charge in [-0.3, -0.25) is 10.1 Å². The van der Waals surface area contributed by atoms with Crippen molar-refractivity contribution in [1.29, 1.82) is 0 Å². The summed E-state index contributed by atoms with van der Waals surface area (Å²) in [6.45, 7) is 0. The number of aromatic nitrogens is 3. The van der Waals surface area contributed by atoms with E-state index >= 15 is 0 Å². The van der Waals surface area contributed by atoms with E-state index in [1.165, 1.54) is 17.4 Å².